The summed E-state index contributed by atoms with van der Waals surface area (Å²) in [5, 5.41) is 22.7. The van der Waals surface area contributed by atoms with Crippen LogP contribution in [0.1, 0.15) is 55.2 Å². The van der Waals surface area contributed by atoms with Crippen molar-refractivity contribution in [2.45, 2.75) is 69.4 Å². The van der Waals surface area contributed by atoms with E-state index in [0.717, 1.165) is 81.6 Å². The normalized spacial score (nSPS) is 27.8. The minimum atomic E-state index is -2.40. The summed E-state index contributed by atoms with van der Waals surface area (Å²) in [7, 11) is 3.40. The molecule has 266 valence electrons. The van der Waals surface area contributed by atoms with Crippen LogP contribution in [-0.2, 0) is 37.7 Å². The number of carbonyl (C=O) groups excluding carboxylic acids is 1. The molecule has 3 heterocycles. The lowest BCUT2D eigenvalue weighted by molar-refractivity contribution is -0.164. The number of ether oxygens (including phenoxy) is 3. The number of carbonyl (C=O) groups is 2. The van der Waals surface area contributed by atoms with Gasteiger partial charge in [0.2, 0.25) is 5.91 Å². The number of aliphatic hydroxyl groups is 1. The quantitative estimate of drug-likeness (QED) is 0.409. The molecule has 1 saturated heterocycles. The second-order valence-electron chi connectivity index (χ2n) is 14.1. The van der Waals surface area contributed by atoms with Gasteiger partial charge >= 0.3 is 5.97 Å². The molecule has 0 radical (unpaired) electrons. The summed E-state index contributed by atoms with van der Waals surface area (Å²) >= 11 is 6.37. The summed E-state index contributed by atoms with van der Waals surface area (Å²) in [6, 6.07) is 10.9. The van der Waals surface area contributed by atoms with Gasteiger partial charge in [0.15, 0.2) is 5.60 Å². The molecule has 2 bridgehead atoms. The zero-order valence-electron chi connectivity index (χ0n) is 28.7. The Morgan fingerprint density at radius 2 is 1.92 bits per heavy atom. The van der Waals surface area contributed by atoms with Gasteiger partial charge in [-0.25, -0.2) is 4.79 Å². The van der Waals surface area contributed by atoms with E-state index in [2.05, 4.69) is 22.0 Å². The van der Waals surface area contributed by atoms with Crippen LogP contribution in [0.5, 0.6) is 5.75 Å². The van der Waals surface area contributed by atoms with Gasteiger partial charge in [-0.2, -0.15) is 0 Å². The lowest BCUT2D eigenvalue weighted by atomic mass is 9.70. The van der Waals surface area contributed by atoms with Crippen LogP contribution in [0.2, 0.25) is 5.02 Å². The highest BCUT2D eigenvalue weighted by Gasteiger charge is 2.43. The topological polar surface area (TPSA) is 112 Å². The molecule has 2 aromatic rings. The highest BCUT2D eigenvalue weighted by molar-refractivity contribution is 6.30. The summed E-state index contributed by atoms with van der Waals surface area (Å²) in [4.78, 5) is 32.1. The minimum absolute atomic E-state index is 0.0468. The fraction of sp³-hybridized carbons (Fsp3) is 0.579. The molecule has 1 aliphatic carbocycles. The molecule has 4 atom stereocenters. The van der Waals surface area contributed by atoms with Crippen molar-refractivity contribution in [1.29, 1.82) is 0 Å². The molecular weight excluding hydrogens is 646 g/mol. The Balaban J connectivity index is 1.32. The van der Waals surface area contributed by atoms with Crippen molar-refractivity contribution in [3.05, 3.63) is 70.3 Å². The smallest absolute Gasteiger partial charge is 0.340 e. The Kier molecular flexibility index (Phi) is 11.5. The monoisotopic (exact) mass is 695 g/mol. The van der Waals surface area contributed by atoms with Crippen molar-refractivity contribution in [3.8, 4) is 5.75 Å². The molecule has 49 heavy (non-hydrogen) atoms. The van der Waals surface area contributed by atoms with Gasteiger partial charge in [-0.15, -0.1) is 0 Å². The number of carboxylic acids is 1. The third kappa shape index (κ3) is 8.26. The SMILES string of the molecule is COC1CN(CCO[C@H]2/C=C/CCN(C)C(=O)C[C@](O)(C(=O)O)c3ccc4c(c3)N(CCCCc3cc(Cl)ccc3CO4)C[C@@H]3CC[C@H]32)C1. The van der Waals surface area contributed by atoms with Crippen molar-refractivity contribution in [2.75, 3.05) is 64.9 Å². The lowest BCUT2D eigenvalue weighted by Gasteiger charge is -2.44. The first-order valence-corrected chi connectivity index (χ1v) is 18.0. The summed E-state index contributed by atoms with van der Waals surface area (Å²) in [6.45, 7) is 5.55. The van der Waals surface area contributed by atoms with E-state index in [0.29, 0.717) is 54.9 Å². The number of benzene rings is 2. The first-order valence-electron chi connectivity index (χ1n) is 17.7. The molecule has 1 amide bonds. The van der Waals surface area contributed by atoms with Crippen LogP contribution in [-0.4, -0.2) is 104 Å². The molecule has 10 nitrogen and oxygen atoms in total. The second kappa shape index (κ2) is 15.8. The van der Waals surface area contributed by atoms with Gasteiger partial charge in [0.05, 0.1) is 30.9 Å². The maximum atomic E-state index is 13.3. The van der Waals surface area contributed by atoms with Crippen LogP contribution in [0, 0.1) is 11.8 Å². The summed E-state index contributed by atoms with van der Waals surface area (Å²) in [5.74, 6) is -0.623. The number of hydrogen-bond donors (Lipinski definition) is 2. The fourth-order valence-electron chi connectivity index (χ4n) is 7.50. The predicted molar refractivity (Wildman–Crippen MR) is 188 cm³/mol. The van der Waals surface area contributed by atoms with E-state index < -0.39 is 23.9 Å². The number of methoxy groups -OCH3 is 1. The third-order valence-corrected chi connectivity index (χ3v) is 11.2. The van der Waals surface area contributed by atoms with Crippen LogP contribution in [0.4, 0.5) is 5.69 Å². The third-order valence-electron chi connectivity index (χ3n) is 10.9. The fourth-order valence-corrected chi connectivity index (χ4v) is 7.70. The van der Waals surface area contributed by atoms with Crippen LogP contribution >= 0.6 is 11.6 Å². The first kappa shape index (κ1) is 35.7. The predicted octanol–water partition coefficient (Wildman–Crippen LogP) is 4.88. The van der Waals surface area contributed by atoms with Crippen LogP contribution in [0.15, 0.2) is 48.6 Å². The Morgan fingerprint density at radius 3 is 2.67 bits per heavy atom. The minimum Gasteiger partial charge on any atom is -0.487 e. The summed E-state index contributed by atoms with van der Waals surface area (Å²) in [5.41, 5.74) is 0.712. The number of amides is 1. The molecule has 0 spiro atoms. The summed E-state index contributed by atoms with van der Waals surface area (Å²) in [6.07, 6.45) is 9.36. The van der Waals surface area contributed by atoms with Crippen LogP contribution in [0.25, 0.3) is 0 Å². The number of nitrogens with zero attached hydrogens (tertiary/aromatic N) is 3. The van der Waals surface area contributed by atoms with Gasteiger partial charge in [0.25, 0.3) is 0 Å². The van der Waals surface area contributed by atoms with Crippen LogP contribution in [0.3, 0.4) is 0 Å². The molecule has 1 saturated carbocycles. The molecule has 2 N–H and O–H groups in total. The lowest BCUT2D eigenvalue weighted by Crippen LogP contribution is -2.53. The Bertz CT molecular complexity index is 1510. The molecule has 2 aromatic carbocycles. The number of anilines is 1. The zero-order chi connectivity index (χ0) is 34.5. The highest BCUT2D eigenvalue weighted by Crippen LogP contribution is 2.43. The molecule has 11 heteroatoms. The van der Waals surface area contributed by atoms with Crippen molar-refractivity contribution in [2.24, 2.45) is 11.8 Å². The maximum Gasteiger partial charge on any atom is 0.340 e. The number of likely N-dealkylation sites (tertiary alicyclic amines) is 1. The van der Waals surface area contributed by atoms with E-state index in [-0.39, 0.29) is 11.7 Å². The molecular formula is C38H50ClN3O7. The number of halogens is 1. The van der Waals surface area contributed by atoms with E-state index in [9.17, 15) is 19.8 Å². The molecule has 6 rings (SSSR count). The van der Waals surface area contributed by atoms with Crippen molar-refractivity contribution < 1.29 is 34.0 Å². The average Bonchev–Trinajstić information content (AvgIpc) is 3.08. The number of aryl methyl sites for hydroxylation is 1. The first-order chi connectivity index (χ1) is 23.6. The second-order valence-corrected chi connectivity index (χ2v) is 14.6. The standard InChI is InChI=1S/C38H50ClN3O7/c1-40-15-5-4-8-34(48-18-17-41-23-31(24-41)47-2)32-13-10-27(32)22-42-16-6-3-7-26-19-30(39)12-9-28(26)25-49-35-14-11-29(20-33(35)42)38(46,37(44)45)21-36(40)43/h4,8-9,11-12,14,19-20,27,31-32,34,46H,3,5-7,10,13,15-18,21-25H2,1-2H3,(H,44,45)/b8-4+/t27-,32+,34-,38+/m0/s1. The van der Waals surface area contributed by atoms with Gasteiger partial charge in [0.1, 0.15) is 12.4 Å². The van der Waals surface area contributed by atoms with Crippen molar-refractivity contribution >= 4 is 29.2 Å². The van der Waals surface area contributed by atoms with Gasteiger partial charge in [-0.1, -0.05) is 35.9 Å². The average molecular weight is 696 g/mol. The molecule has 2 fully saturated rings. The van der Waals surface area contributed by atoms with Crippen molar-refractivity contribution in [3.63, 3.8) is 0 Å². The number of fused-ring (bicyclic) bond motifs is 3. The van der Waals surface area contributed by atoms with E-state index >= 15 is 0 Å². The number of hydrogen-bond acceptors (Lipinski definition) is 8. The van der Waals surface area contributed by atoms with Gasteiger partial charge in [-0.05, 0) is 91.3 Å². The van der Waals surface area contributed by atoms with Gasteiger partial charge < -0.3 is 34.2 Å². The Labute approximate surface area is 294 Å². The Hall–Kier alpha value is -3.15. The number of aliphatic carboxylic acids is 1. The van der Waals surface area contributed by atoms with Gasteiger partial charge in [-0.3, -0.25) is 9.69 Å². The van der Waals surface area contributed by atoms with Gasteiger partial charge in [0, 0.05) is 58.4 Å². The zero-order valence-corrected chi connectivity index (χ0v) is 29.4. The molecule has 0 unspecified atom stereocenters. The van der Waals surface area contributed by atoms with E-state index in [1.165, 1.54) is 4.90 Å². The van der Waals surface area contributed by atoms with Crippen molar-refractivity contribution in [1.82, 2.24) is 9.80 Å². The highest BCUT2D eigenvalue weighted by atomic mass is 35.5. The number of rotatable bonds is 6. The number of carboxylic acid groups (broad SMARTS) is 1. The van der Waals surface area contributed by atoms with E-state index in [1.807, 2.05) is 18.2 Å². The maximum absolute atomic E-state index is 13.3. The summed E-state index contributed by atoms with van der Waals surface area (Å²) < 4.78 is 18.5. The van der Waals surface area contributed by atoms with E-state index in [1.54, 1.807) is 32.4 Å². The largest absolute Gasteiger partial charge is 0.487 e. The molecule has 0 aromatic heterocycles. The van der Waals surface area contributed by atoms with Crippen LogP contribution < -0.4 is 9.64 Å². The molecule has 4 aliphatic rings. The molecule has 3 aliphatic heterocycles. The van der Waals surface area contributed by atoms with E-state index in [4.69, 9.17) is 25.8 Å². The Morgan fingerprint density at radius 1 is 1.08 bits per heavy atom.